The van der Waals surface area contributed by atoms with Gasteiger partial charge >= 0.3 is 7.82 Å². The largest absolute Gasteiger partial charge is 0.587 e. The van der Waals surface area contributed by atoms with Crippen LogP contribution >= 0.6 is 7.82 Å². The number of hydrogen-bond donors (Lipinski definition) is 0. The topological polar surface area (TPSA) is 44.8 Å². The van der Waals surface area contributed by atoms with E-state index in [9.17, 15) is 4.57 Å². The molecule has 1 fully saturated rings. The molecule has 3 rings (SSSR count). The molecule has 2 aromatic carbocycles. The van der Waals surface area contributed by atoms with E-state index in [-0.39, 0.29) is 6.10 Å². The Labute approximate surface area is 156 Å². The van der Waals surface area contributed by atoms with Crippen LogP contribution in [0.1, 0.15) is 39.5 Å². The van der Waals surface area contributed by atoms with E-state index >= 15 is 0 Å². The molecule has 26 heavy (non-hydrogen) atoms. The highest BCUT2D eigenvalue weighted by atomic mass is 31.2. The Morgan fingerprint density at radius 2 is 1.35 bits per heavy atom. The van der Waals surface area contributed by atoms with Gasteiger partial charge in [-0.1, -0.05) is 63.1 Å². The van der Waals surface area contributed by atoms with Crippen LogP contribution in [-0.2, 0) is 9.09 Å². The number of para-hydroxylation sites is 2. The van der Waals surface area contributed by atoms with Gasteiger partial charge in [0.05, 0.1) is 6.10 Å². The first kappa shape index (κ1) is 19.0. The fourth-order valence-electron chi connectivity index (χ4n) is 3.47. The van der Waals surface area contributed by atoms with Crippen molar-refractivity contribution < 1.29 is 18.1 Å². The second kappa shape index (κ2) is 8.75. The molecule has 1 aliphatic carbocycles. The van der Waals surface area contributed by atoms with Crippen LogP contribution in [0.4, 0.5) is 0 Å². The molecule has 0 N–H and O–H groups in total. The zero-order chi connectivity index (χ0) is 18.4. The van der Waals surface area contributed by atoms with Gasteiger partial charge in [-0.15, -0.1) is 0 Å². The first-order valence-corrected chi connectivity index (χ1v) is 10.8. The zero-order valence-corrected chi connectivity index (χ0v) is 16.3. The van der Waals surface area contributed by atoms with Gasteiger partial charge in [-0.2, -0.15) is 0 Å². The van der Waals surface area contributed by atoms with Crippen LogP contribution in [0.25, 0.3) is 0 Å². The Bertz CT molecular complexity index is 672. The van der Waals surface area contributed by atoms with E-state index in [0.717, 1.165) is 19.3 Å². The van der Waals surface area contributed by atoms with Crippen molar-refractivity contribution >= 4 is 7.82 Å². The lowest BCUT2D eigenvalue weighted by atomic mass is 9.79. The zero-order valence-electron chi connectivity index (χ0n) is 15.4. The van der Waals surface area contributed by atoms with Crippen LogP contribution in [-0.4, -0.2) is 6.10 Å². The van der Waals surface area contributed by atoms with Gasteiger partial charge in [0.15, 0.2) is 0 Å². The van der Waals surface area contributed by atoms with E-state index in [1.54, 1.807) is 24.3 Å². The van der Waals surface area contributed by atoms with Gasteiger partial charge < -0.3 is 9.05 Å². The minimum absolute atomic E-state index is 0.123. The van der Waals surface area contributed by atoms with Crippen molar-refractivity contribution in [2.24, 2.45) is 11.8 Å². The number of phosphoric ester groups is 1. The second-order valence-corrected chi connectivity index (χ2v) is 8.56. The van der Waals surface area contributed by atoms with E-state index < -0.39 is 7.82 Å². The third kappa shape index (κ3) is 5.12. The molecule has 140 valence electrons. The van der Waals surface area contributed by atoms with Crippen molar-refractivity contribution in [3.8, 4) is 11.5 Å². The lowest BCUT2D eigenvalue weighted by Crippen LogP contribution is -2.31. The van der Waals surface area contributed by atoms with Crippen molar-refractivity contribution in [3.63, 3.8) is 0 Å². The van der Waals surface area contributed by atoms with Gasteiger partial charge in [-0.05, 0) is 48.9 Å². The average molecular weight is 374 g/mol. The molecule has 0 amide bonds. The summed E-state index contributed by atoms with van der Waals surface area (Å²) in [5.41, 5.74) is 0. The van der Waals surface area contributed by atoms with E-state index in [0.29, 0.717) is 23.3 Å². The summed E-state index contributed by atoms with van der Waals surface area (Å²) < 4.78 is 31.1. The van der Waals surface area contributed by atoms with Crippen LogP contribution in [0.3, 0.4) is 0 Å². The Morgan fingerprint density at radius 3 is 1.85 bits per heavy atom. The average Bonchev–Trinajstić information content (AvgIpc) is 2.63. The summed E-state index contributed by atoms with van der Waals surface area (Å²) >= 11 is 0. The lowest BCUT2D eigenvalue weighted by Gasteiger charge is -2.35. The lowest BCUT2D eigenvalue weighted by molar-refractivity contribution is 0.0437. The third-order valence-electron chi connectivity index (χ3n) is 4.80. The van der Waals surface area contributed by atoms with Gasteiger partial charge in [0.2, 0.25) is 0 Å². The van der Waals surface area contributed by atoms with Crippen molar-refractivity contribution in [1.29, 1.82) is 0 Å². The van der Waals surface area contributed by atoms with Gasteiger partial charge in [-0.3, -0.25) is 4.52 Å². The van der Waals surface area contributed by atoms with Crippen LogP contribution in [0.15, 0.2) is 60.7 Å². The molecule has 2 atom stereocenters. The third-order valence-corrected chi connectivity index (χ3v) is 6.19. The fraction of sp³-hybridized carbons (Fsp3) is 0.429. The molecule has 0 saturated heterocycles. The number of rotatable bonds is 7. The van der Waals surface area contributed by atoms with Crippen molar-refractivity contribution in [1.82, 2.24) is 0 Å². The maximum absolute atomic E-state index is 13.5. The standard InChI is InChI=1S/C21H27O4P/c1-17(2)20-15-9-10-16-21(20)25-26(22,23-18-11-5-3-6-12-18)24-19-13-7-4-8-14-19/h3-8,11-14,17,20-21H,9-10,15-16H2,1-2H3/t20-,21+/m0/s1. The van der Waals surface area contributed by atoms with Crippen molar-refractivity contribution in [2.75, 3.05) is 0 Å². The maximum Gasteiger partial charge on any atom is 0.587 e. The molecule has 0 aliphatic heterocycles. The minimum atomic E-state index is -3.81. The van der Waals surface area contributed by atoms with Crippen molar-refractivity contribution in [2.45, 2.75) is 45.6 Å². The van der Waals surface area contributed by atoms with E-state index in [2.05, 4.69) is 13.8 Å². The Morgan fingerprint density at radius 1 is 0.846 bits per heavy atom. The summed E-state index contributed by atoms with van der Waals surface area (Å²) in [6.45, 7) is 4.38. The van der Waals surface area contributed by atoms with Crippen molar-refractivity contribution in [3.05, 3.63) is 60.7 Å². The molecule has 2 aromatic rings. The van der Waals surface area contributed by atoms with Gasteiger partial charge in [0.25, 0.3) is 0 Å². The molecule has 0 aromatic heterocycles. The molecule has 0 radical (unpaired) electrons. The van der Waals surface area contributed by atoms with E-state index in [1.807, 2.05) is 36.4 Å². The predicted octanol–water partition coefficient (Wildman–Crippen LogP) is 6.48. The smallest absolute Gasteiger partial charge is 0.395 e. The summed E-state index contributed by atoms with van der Waals surface area (Å²) in [7, 11) is -3.81. The minimum Gasteiger partial charge on any atom is -0.395 e. The molecule has 4 nitrogen and oxygen atoms in total. The monoisotopic (exact) mass is 374 g/mol. The molecule has 1 saturated carbocycles. The summed E-state index contributed by atoms with van der Waals surface area (Å²) in [5, 5.41) is 0. The SMILES string of the molecule is CC(C)[C@@H]1CCCC[C@H]1OP(=O)(Oc1ccccc1)Oc1ccccc1. The van der Waals surface area contributed by atoms with E-state index in [1.165, 1.54) is 6.42 Å². The highest BCUT2D eigenvalue weighted by molar-refractivity contribution is 7.49. The quantitative estimate of drug-likeness (QED) is 0.520. The molecule has 0 heterocycles. The molecule has 0 spiro atoms. The summed E-state index contributed by atoms with van der Waals surface area (Å²) in [5.74, 6) is 1.77. The summed E-state index contributed by atoms with van der Waals surface area (Å²) in [6.07, 6.45) is 4.10. The van der Waals surface area contributed by atoms with Crippen LogP contribution < -0.4 is 9.05 Å². The number of phosphoric acid groups is 1. The molecular weight excluding hydrogens is 347 g/mol. The second-order valence-electron chi connectivity index (χ2n) is 7.09. The Hall–Kier alpha value is -1.77. The van der Waals surface area contributed by atoms with Crippen LogP contribution in [0.2, 0.25) is 0 Å². The number of hydrogen-bond acceptors (Lipinski definition) is 4. The Kier molecular flexibility index (Phi) is 6.39. The molecule has 0 bridgehead atoms. The maximum atomic E-state index is 13.5. The molecule has 5 heteroatoms. The Balaban J connectivity index is 1.83. The van der Waals surface area contributed by atoms with Gasteiger partial charge in [0, 0.05) is 0 Å². The first-order chi connectivity index (χ1) is 12.6. The number of benzene rings is 2. The first-order valence-electron chi connectivity index (χ1n) is 9.33. The predicted molar refractivity (Wildman–Crippen MR) is 103 cm³/mol. The molecule has 0 unspecified atom stereocenters. The van der Waals surface area contributed by atoms with Gasteiger partial charge in [-0.25, -0.2) is 4.57 Å². The normalized spacial score (nSPS) is 20.7. The van der Waals surface area contributed by atoms with Crippen LogP contribution in [0, 0.1) is 11.8 Å². The summed E-state index contributed by atoms with van der Waals surface area (Å²) in [6, 6.07) is 18.1. The molecular formula is C21H27O4P. The highest BCUT2D eigenvalue weighted by Crippen LogP contribution is 2.53. The van der Waals surface area contributed by atoms with Crippen LogP contribution in [0.5, 0.6) is 11.5 Å². The van der Waals surface area contributed by atoms with E-state index in [4.69, 9.17) is 13.6 Å². The summed E-state index contributed by atoms with van der Waals surface area (Å²) in [4.78, 5) is 0. The highest BCUT2D eigenvalue weighted by Gasteiger charge is 2.39. The molecule has 1 aliphatic rings. The fourth-order valence-corrected chi connectivity index (χ4v) is 4.94. The van der Waals surface area contributed by atoms with Gasteiger partial charge in [0.1, 0.15) is 11.5 Å².